The third kappa shape index (κ3) is 4.50. The highest BCUT2D eigenvalue weighted by molar-refractivity contribution is 7.89. The van der Waals surface area contributed by atoms with Gasteiger partial charge in [-0.05, 0) is 42.7 Å². The van der Waals surface area contributed by atoms with E-state index in [0.29, 0.717) is 17.7 Å². The molecule has 0 bridgehead atoms. The summed E-state index contributed by atoms with van der Waals surface area (Å²) in [7, 11) is -3.48. The Kier molecular flexibility index (Phi) is 5.26. The van der Waals surface area contributed by atoms with Gasteiger partial charge in [-0.25, -0.2) is 17.9 Å². The van der Waals surface area contributed by atoms with Crippen LogP contribution in [-0.4, -0.2) is 26.0 Å². The standard InChI is InChI=1S/C13H17NO4S/c1-3-8-14-19(17,18)12-6-4-11(10(2)9-12)5-7-13(15)16/h4-7,9,14H,3,8H2,1-2H3,(H,15,16). The first-order valence-electron chi connectivity index (χ1n) is 5.88. The number of aliphatic carboxylic acids is 1. The lowest BCUT2D eigenvalue weighted by atomic mass is 10.1. The quantitative estimate of drug-likeness (QED) is 0.779. The van der Waals surface area contributed by atoms with Crippen molar-refractivity contribution in [3.05, 3.63) is 35.4 Å². The van der Waals surface area contributed by atoms with Gasteiger partial charge in [0, 0.05) is 12.6 Å². The van der Waals surface area contributed by atoms with Crippen LogP contribution in [0.2, 0.25) is 0 Å². The Balaban J connectivity index is 3.03. The lowest BCUT2D eigenvalue weighted by molar-refractivity contribution is -0.131. The molecule has 0 saturated carbocycles. The molecule has 2 N–H and O–H groups in total. The third-order valence-electron chi connectivity index (χ3n) is 2.50. The Bertz CT molecular complexity index is 591. The van der Waals surface area contributed by atoms with Gasteiger partial charge in [-0.3, -0.25) is 0 Å². The molecule has 6 heteroatoms. The van der Waals surface area contributed by atoms with E-state index in [1.54, 1.807) is 13.0 Å². The zero-order valence-electron chi connectivity index (χ0n) is 10.9. The van der Waals surface area contributed by atoms with Crippen molar-refractivity contribution in [3.8, 4) is 0 Å². The van der Waals surface area contributed by atoms with Gasteiger partial charge in [0.1, 0.15) is 0 Å². The van der Waals surface area contributed by atoms with Gasteiger partial charge < -0.3 is 5.11 Å². The SMILES string of the molecule is CCCNS(=O)(=O)c1ccc(C=CC(=O)O)c(C)c1. The Labute approximate surface area is 113 Å². The Morgan fingerprint density at radius 3 is 2.63 bits per heavy atom. The minimum Gasteiger partial charge on any atom is -0.478 e. The van der Waals surface area contributed by atoms with Gasteiger partial charge in [0.05, 0.1) is 4.90 Å². The number of nitrogens with one attached hydrogen (secondary N) is 1. The van der Waals surface area contributed by atoms with Gasteiger partial charge in [0.15, 0.2) is 0 Å². The van der Waals surface area contributed by atoms with Crippen molar-refractivity contribution in [2.24, 2.45) is 0 Å². The van der Waals surface area contributed by atoms with Gasteiger partial charge in [0.25, 0.3) is 0 Å². The number of hydrogen-bond donors (Lipinski definition) is 2. The second kappa shape index (κ2) is 6.49. The number of sulfonamides is 1. The van der Waals surface area contributed by atoms with Crippen molar-refractivity contribution in [2.75, 3.05) is 6.54 Å². The molecule has 1 rings (SSSR count). The first kappa shape index (κ1) is 15.4. The van der Waals surface area contributed by atoms with E-state index in [0.717, 1.165) is 12.5 Å². The van der Waals surface area contributed by atoms with Crippen LogP contribution in [0.4, 0.5) is 0 Å². The number of hydrogen-bond acceptors (Lipinski definition) is 3. The van der Waals surface area contributed by atoms with Crippen molar-refractivity contribution in [2.45, 2.75) is 25.2 Å². The van der Waals surface area contributed by atoms with Crippen LogP contribution in [0.15, 0.2) is 29.2 Å². The fourth-order valence-electron chi connectivity index (χ4n) is 1.48. The summed E-state index contributed by atoms with van der Waals surface area (Å²) in [6, 6.07) is 4.58. The van der Waals surface area contributed by atoms with Crippen LogP contribution in [-0.2, 0) is 14.8 Å². The number of carboxylic acid groups (broad SMARTS) is 1. The molecule has 19 heavy (non-hydrogen) atoms. The van der Waals surface area contributed by atoms with Gasteiger partial charge >= 0.3 is 5.97 Å². The van der Waals surface area contributed by atoms with Crippen LogP contribution in [0.5, 0.6) is 0 Å². The Hall–Kier alpha value is -1.66. The summed E-state index contributed by atoms with van der Waals surface area (Å²) in [6.45, 7) is 4.01. The predicted molar refractivity (Wildman–Crippen MR) is 73.3 cm³/mol. The average molecular weight is 283 g/mol. The molecule has 0 aliphatic heterocycles. The molecule has 1 aromatic rings. The maximum atomic E-state index is 11.9. The van der Waals surface area contributed by atoms with E-state index >= 15 is 0 Å². The maximum Gasteiger partial charge on any atom is 0.328 e. The summed E-state index contributed by atoms with van der Waals surface area (Å²) in [5, 5.41) is 8.55. The van der Waals surface area contributed by atoms with E-state index < -0.39 is 16.0 Å². The first-order valence-corrected chi connectivity index (χ1v) is 7.36. The van der Waals surface area contributed by atoms with E-state index in [1.807, 2.05) is 6.92 Å². The summed E-state index contributed by atoms with van der Waals surface area (Å²) in [6.07, 6.45) is 3.18. The second-order valence-electron chi connectivity index (χ2n) is 4.09. The fraction of sp³-hybridized carbons (Fsp3) is 0.308. The van der Waals surface area contributed by atoms with Crippen molar-refractivity contribution < 1.29 is 18.3 Å². The monoisotopic (exact) mass is 283 g/mol. The average Bonchev–Trinajstić information content (AvgIpc) is 2.34. The topological polar surface area (TPSA) is 83.5 Å². The highest BCUT2D eigenvalue weighted by Gasteiger charge is 2.13. The van der Waals surface area contributed by atoms with E-state index in [9.17, 15) is 13.2 Å². The zero-order valence-corrected chi connectivity index (χ0v) is 11.7. The molecule has 0 radical (unpaired) electrons. The molecule has 0 fully saturated rings. The van der Waals surface area contributed by atoms with Gasteiger partial charge in [-0.2, -0.15) is 0 Å². The molecular formula is C13H17NO4S. The number of carbonyl (C=O) groups is 1. The molecule has 0 spiro atoms. The largest absolute Gasteiger partial charge is 0.478 e. The number of rotatable bonds is 6. The molecule has 104 valence electrons. The lowest BCUT2D eigenvalue weighted by Gasteiger charge is -2.08. The molecule has 0 aromatic heterocycles. The minimum atomic E-state index is -3.48. The molecule has 5 nitrogen and oxygen atoms in total. The molecule has 0 unspecified atom stereocenters. The van der Waals surface area contributed by atoms with E-state index in [-0.39, 0.29) is 4.90 Å². The maximum absolute atomic E-state index is 11.9. The fourth-order valence-corrected chi connectivity index (χ4v) is 2.70. The molecule has 0 amide bonds. The molecule has 1 aromatic carbocycles. The zero-order chi connectivity index (χ0) is 14.5. The van der Waals surface area contributed by atoms with Gasteiger partial charge in [0.2, 0.25) is 10.0 Å². The summed E-state index contributed by atoms with van der Waals surface area (Å²) >= 11 is 0. The van der Waals surface area contributed by atoms with Crippen LogP contribution < -0.4 is 4.72 Å². The summed E-state index contributed by atoms with van der Waals surface area (Å²) in [4.78, 5) is 10.6. The summed E-state index contributed by atoms with van der Waals surface area (Å²) in [5.74, 6) is -1.04. The van der Waals surface area contributed by atoms with Crippen LogP contribution >= 0.6 is 0 Å². The lowest BCUT2D eigenvalue weighted by Crippen LogP contribution is -2.24. The van der Waals surface area contributed by atoms with E-state index in [4.69, 9.17) is 5.11 Å². The van der Waals surface area contributed by atoms with Crippen molar-refractivity contribution >= 4 is 22.1 Å². The third-order valence-corrected chi connectivity index (χ3v) is 3.96. The van der Waals surface area contributed by atoms with Crippen LogP contribution in [0.1, 0.15) is 24.5 Å². The number of aryl methyl sites for hydroxylation is 1. The highest BCUT2D eigenvalue weighted by atomic mass is 32.2. The van der Waals surface area contributed by atoms with Crippen LogP contribution in [0, 0.1) is 6.92 Å². The predicted octanol–water partition coefficient (Wildman–Crippen LogP) is 1.78. The molecule has 0 heterocycles. The number of benzene rings is 1. The molecule has 0 atom stereocenters. The van der Waals surface area contributed by atoms with Gasteiger partial charge in [-0.1, -0.05) is 13.0 Å². The van der Waals surface area contributed by atoms with Crippen LogP contribution in [0.25, 0.3) is 6.08 Å². The smallest absolute Gasteiger partial charge is 0.328 e. The van der Waals surface area contributed by atoms with Gasteiger partial charge in [-0.15, -0.1) is 0 Å². The Morgan fingerprint density at radius 2 is 2.11 bits per heavy atom. The van der Waals surface area contributed by atoms with Crippen LogP contribution in [0.3, 0.4) is 0 Å². The van der Waals surface area contributed by atoms with E-state index in [2.05, 4.69) is 4.72 Å². The molecule has 0 aliphatic rings. The number of carboxylic acids is 1. The van der Waals surface area contributed by atoms with E-state index in [1.165, 1.54) is 18.2 Å². The minimum absolute atomic E-state index is 0.186. The molecular weight excluding hydrogens is 266 g/mol. The normalized spacial score (nSPS) is 11.9. The Morgan fingerprint density at radius 1 is 1.42 bits per heavy atom. The molecule has 0 aliphatic carbocycles. The van der Waals surface area contributed by atoms with Crippen molar-refractivity contribution in [3.63, 3.8) is 0 Å². The van der Waals surface area contributed by atoms with Crippen molar-refractivity contribution in [1.82, 2.24) is 4.72 Å². The van der Waals surface area contributed by atoms with Crippen molar-refractivity contribution in [1.29, 1.82) is 0 Å². The first-order chi connectivity index (χ1) is 8.86. The summed E-state index contributed by atoms with van der Waals surface area (Å²) in [5.41, 5.74) is 1.38. The summed E-state index contributed by atoms with van der Waals surface area (Å²) < 4.78 is 26.3. The highest BCUT2D eigenvalue weighted by Crippen LogP contribution is 2.16. The molecule has 0 saturated heterocycles. The second-order valence-corrected chi connectivity index (χ2v) is 5.85.